The minimum Gasteiger partial charge on any atom is -0.354 e. The van der Waals surface area contributed by atoms with E-state index in [4.69, 9.17) is 0 Å². The molecule has 3 nitrogen and oxygen atoms in total. The Hall–Kier alpha value is -0.810. The minimum absolute atomic E-state index is 0.739. The van der Waals surface area contributed by atoms with Crippen LogP contribution in [0.3, 0.4) is 0 Å². The Morgan fingerprint density at radius 1 is 1.40 bits per heavy atom. The van der Waals surface area contributed by atoms with Crippen molar-refractivity contribution >= 4 is 39.3 Å². The fraction of sp³-hybridized carbons (Fsp3) is 0.400. The SMILES string of the molecule is CCNc1nc(SCC)c2ccsc2n1. The van der Waals surface area contributed by atoms with Gasteiger partial charge in [-0.25, -0.2) is 9.97 Å². The van der Waals surface area contributed by atoms with Crippen molar-refractivity contribution in [2.45, 2.75) is 18.9 Å². The molecule has 0 aliphatic carbocycles. The second-order valence-corrected chi connectivity index (χ2v) is 5.10. The van der Waals surface area contributed by atoms with E-state index in [9.17, 15) is 0 Å². The number of hydrogen-bond acceptors (Lipinski definition) is 5. The zero-order chi connectivity index (χ0) is 10.7. The lowest BCUT2D eigenvalue weighted by molar-refractivity contribution is 1.06. The van der Waals surface area contributed by atoms with Crippen molar-refractivity contribution in [2.24, 2.45) is 0 Å². The number of rotatable bonds is 4. The van der Waals surface area contributed by atoms with E-state index in [0.717, 1.165) is 28.1 Å². The fourth-order valence-electron chi connectivity index (χ4n) is 1.31. The van der Waals surface area contributed by atoms with Crippen molar-refractivity contribution < 1.29 is 0 Å². The van der Waals surface area contributed by atoms with E-state index in [1.807, 2.05) is 0 Å². The molecular formula is C10H13N3S2. The Balaban J connectivity index is 2.48. The van der Waals surface area contributed by atoms with E-state index in [1.54, 1.807) is 23.1 Å². The lowest BCUT2D eigenvalue weighted by Gasteiger charge is -2.04. The molecule has 0 saturated heterocycles. The summed E-state index contributed by atoms with van der Waals surface area (Å²) >= 11 is 3.43. The summed E-state index contributed by atoms with van der Waals surface area (Å²) in [6, 6.07) is 2.09. The number of nitrogens with one attached hydrogen (secondary N) is 1. The molecule has 0 amide bonds. The molecule has 0 aliphatic rings. The molecule has 0 saturated carbocycles. The normalized spacial score (nSPS) is 10.8. The van der Waals surface area contributed by atoms with E-state index in [2.05, 4.69) is 40.6 Å². The maximum atomic E-state index is 4.50. The highest BCUT2D eigenvalue weighted by Gasteiger charge is 2.07. The monoisotopic (exact) mass is 239 g/mol. The van der Waals surface area contributed by atoms with Gasteiger partial charge in [-0.3, -0.25) is 0 Å². The van der Waals surface area contributed by atoms with Gasteiger partial charge in [-0.15, -0.1) is 23.1 Å². The van der Waals surface area contributed by atoms with E-state index in [-0.39, 0.29) is 0 Å². The van der Waals surface area contributed by atoms with Gasteiger partial charge in [0.05, 0.1) is 0 Å². The van der Waals surface area contributed by atoms with Crippen LogP contribution in [-0.2, 0) is 0 Å². The maximum absolute atomic E-state index is 4.50. The second kappa shape index (κ2) is 4.81. The van der Waals surface area contributed by atoms with Crippen LogP contribution in [0.25, 0.3) is 10.2 Å². The average molecular weight is 239 g/mol. The summed E-state index contributed by atoms with van der Waals surface area (Å²) in [5.41, 5.74) is 0. The van der Waals surface area contributed by atoms with Crippen LogP contribution in [0.4, 0.5) is 5.95 Å². The predicted octanol–water partition coefficient (Wildman–Crippen LogP) is 3.24. The summed E-state index contributed by atoms with van der Waals surface area (Å²) < 4.78 is 0. The van der Waals surface area contributed by atoms with Gasteiger partial charge < -0.3 is 5.32 Å². The molecule has 0 unspecified atom stereocenters. The van der Waals surface area contributed by atoms with Crippen LogP contribution in [-0.4, -0.2) is 22.3 Å². The average Bonchev–Trinajstić information content (AvgIpc) is 2.67. The molecule has 2 heterocycles. The summed E-state index contributed by atoms with van der Waals surface area (Å²) in [4.78, 5) is 10.0. The van der Waals surface area contributed by atoms with Crippen molar-refractivity contribution in [3.63, 3.8) is 0 Å². The van der Waals surface area contributed by atoms with Crippen molar-refractivity contribution in [3.8, 4) is 0 Å². The number of nitrogens with zero attached hydrogens (tertiary/aromatic N) is 2. The van der Waals surface area contributed by atoms with E-state index in [0.29, 0.717) is 0 Å². The molecule has 0 bridgehead atoms. The minimum atomic E-state index is 0.739. The Morgan fingerprint density at radius 3 is 3.00 bits per heavy atom. The first-order valence-electron chi connectivity index (χ1n) is 4.97. The maximum Gasteiger partial charge on any atom is 0.225 e. The van der Waals surface area contributed by atoms with Crippen molar-refractivity contribution in [1.29, 1.82) is 0 Å². The molecule has 1 N–H and O–H groups in total. The Bertz CT molecular complexity index is 453. The molecule has 0 spiro atoms. The van der Waals surface area contributed by atoms with Gasteiger partial charge in [0.15, 0.2) is 0 Å². The number of fused-ring (bicyclic) bond motifs is 1. The third-order valence-corrected chi connectivity index (χ3v) is 3.59. The first-order valence-corrected chi connectivity index (χ1v) is 6.83. The van der Waals surface area contributed by atoms with Gasteiger partial charge in [0, 0.05) is 11.9 Å². The van der Waals surface area contributed by atoms with Crippen LogP contribution < -0.4 is 5.32 Å². The van der Waals surface area contributed by atoms with Crippen molar-refractivity contribution in [1.82, 2.24) is 9.97 Å². The van der Waals surface area contributed by atoms with Crippen LogP contribution >= 0.6 is 23.1 Å². The third-order valence-electron chi connectivity index (χ3n) is 1.91. The fourth-order valence-corrected chi connectivity index (χ4v) is 2.89. The molecule has 0 radical (unpaired) electrons. The lowest BCUT2D eigenvalue weighted by atomic mass is 10.4. The number of thioether (sulfide) groups is 1. The second-order valence-electron chi connectivity index (χ2n) is 2.96. The van der Waals surface area contributed by atoms with Gasteiger partial charge in [-0.1, -0.05) is 6.92 Å². The van der Waals surface area contributed by atoms with Gasteiger partial charge in [-0.05, 0) is 24.1 Å². The van der Waals surface area contributed by atoms with Crippen molar-refractivity contribution in [3.05, 3.63) is 11.4 Å². The molecule has 80 valence electrons. The van der Waals surface area contributed by atoms with Crippen LogP contribution in [0.15, 0.2) is 16.5 Å². The first-order chi connectivity index (χ1) is 7.35. The highest BCUT2D eigenvalue weighted by Crippen LogP contribution is 2.29. The van der Waals surface area contributed by atoms with Crippen LogP contribution in [0.5, 0.6) is 0 Å². The van der Waals surface area contributed by atoms with Crippen LogP contribution in [0.1, 0.15) is 13.8 Å². The molecule has 0 atom stereocenters. The molecule has 2 aromatic heterocycles. The molecule has 0 aromatic carbocycles. The van der Waals surface area contributed by atoms with E-state index in [1.165, 1.54) is 5.39 Å². The summed E-state index contributed by atoms with van der Waals surface area (Å²) in [6.45, 7) is 5.04. The summed E-state index contributed by atoms with van der Waals surface area (Å²) in [7, 11) is 0. The molecule has 5 heteroatoms. The van der Waals surface area contributed by atoms with E-state index < -0.39 is 0 Å². The standard InChI is InChI=1S/C10H13N3S2/c1-3-11-10-12-8(14-4-2)7-5-6-15-9(7)13-10/h5-6H,3-4H2,1-2H3,(H,11,12,13). The van der Waals surface area contributed by atoms with Crippen molar-refractivity contribution in [2.75, 3.05) is 17.6 Å². The Labute approximate surface area is 97.3 Å². The number of anilines is 1. The molecule has 0 fully saturated rings. The zero-order valence-electron chi connectivity index (χ0n) is 8.78. The smallest absolute Gasteiger partial charge is 0.225 e. The number of hydrogen-bond donors (Lipinski definition) is 1. The van der Waals surface area contributed by atoms with Gasteiger partial charge in [0.2, 0.25) is 5.95 Å². The Morgan fingerprint density at radius 2 is 2.27 bits per heavy atom. The van der Waals surface area contributed by atoms with E-state index >= 15 is 0 Å². The Kier molecular flexibility index (Phi) is 3.43. The topological polar surface area (TPSA) is 37.8 Å². The van der Waals surface area contributed by atoms with Gasteiger partial charge in [-0.2, -0.15) is 0 Å². The summed E-state index contributed by atoms with van der Waals surface area (Å²) in [5, 5.41) is 7.48. The predicted molar refractivity (Wildman–Crippen MR) is 68.0 cm³/mol. The quantitative estimate of drug-likeness (QED) is 0.656. The molecular weight excluding hydrogens is 226 g/mol. The highest BCUT2D eigenvalue weighted by atomic mass is 32.2. The summed E-state index contributed by atoms with van der Waals surface area (Å²) in [5.74, 6) is 1.77. The zero-order valence-corrected chi connectivity index (χ0v) is 10.4. The first kappa shape index (κ1) is 10.7. The largest absolute Gasteiger partial charge is 0.354 e. The number of thiophene rings is 1. The highest BCUT2D eigenvalue weighted by molar-refractivity contribution is 7.99. The van der Waals surface area contributed by atoms with Gasteiger partial charge in [0.25, 0.3) is 0 Å². The number of aromatic nitrogens is 2. The van der Waals surface area contributed by atoms with Gasteiger partial charge >= 0.3 is 0 Å². The van der Waals surface area contributed by atoms with Crippen LogP contribution in [0.2, 0.25) is 0 Å². The van der Waals surface area contributed by atoms with Crippen LogP contribution in [0, 0.1) is 0 Å². The molecule has 15 heavy (non-hydrogen) atoms. The third kappa shape index (κ3) is 2.23. The lowest BCUT2D eigenvalue weighted by Crippen LogP contribution is -2.02. The summed E-state index contributed by atoms with van der Waals surface area (Å²) in [6.07, 6.45) is 0. The molecule has 0 aliphatic heterocycles. The molecule has 2 aromatic rings. The molecule has 2 rings (SSSR count). The van der Waals surface area contributed by atoms with Gasteiger partial charge in [0.1, 0.15) is 9.86 Å².